The minimum Gasteiger partial charge on any atom is -0.337 e. The molecular formula is C8H4F4N2. The number of benzene rings is 1. The van der Waals surface area contributed by atoms with Crippen molar-refractivity contribution < 1.29 is 17.6 Å². The molecule has 2 nitrogen and oxygen atoms in total. The number of alkyl halides is 2. The Labute approximate surface area is 75.6 Å². The van der Waals surface area contributed by atoms with E-state index in [0.717, 1.165) is 6.07 Å². The van der Waals surface area contributed by atoms with E-state index in [1.54, 1.807) is 0 Å². The molecule has 14 heavy (non-hydrogen) atoms. The highest BCUT2D eigenvalue weighted by atomic mass is 19.3. The predicted molar refractivity (Wildman–Crippen MR) is 41.0 cm³/mol. The molecule has 0 unspecified atom stereocenters. The number of hydrogen-bond donors (Lipinski definition) is 1. The van der Waals surface area contributed by atoms with Crippen LogP contribution in [0.15, 0.2) is 12.1 Å². The highest BCUT2D eigenvalue weighted by Crippen LogP contribution is 2.22. The van der Waals surface area contributed by atoms with Gasteiger partial charge in [-0.2, -0.15) is 0 Å². The van der Waals surface area contributed by atoms with Crippen LogP contribution in [0.25, 0.3) is 11.0 Å². The molecule has 0 amide bonds. The van der Waals surface area contributed by atoms with Crippen LogP contribution < -0.4 is 0 Å². The van der Waals surface area contributed by atoms with Gasteiger partial charge in [-0.25, -0.2) is 22.5 Å². The van der Waals surface area contributed by atoms with Crippen LogP contribution in [-0.2, 0) is 0 Å². The van der Waals surface area contributed by atoms with Gasteiger partial charge in [-0.3, -0.25) is 0 Å². The Balaban J connectivity index is 2.70. The van der Waals surface area contributed by atoms with Crippen LogP contribution in [0.2, 0.25) is 0 Å². The van der Waals surface area contributed by atoms with Gasteiger partial charge in [0.25, 0.3) is 6.43 Å². The number of aromatic nitrogens is 2. The summed E-state index contributed by atoms with van der Waals surface area (Å²) in [6, 6.07) is 1.51. The minimum absolute atomic E-state index is 0.0715. The van der Waals surface area contributed by atoms with Crippen LogP contribution in [0.4, 0.5) is 17.6 Å². The largest absolute Gasteiger partial charge is 0.337 e. The monoisotopic (exact) mass is 204 g/mol. The third kappa shape index (κ3) is 1.32. The van der Waals surface area contributed by atoms with Gasteiger partial charge in [0, 0.05) is 6.07 Å². The van der Waals surface area contributed by atoms with Crippen LogP contribution in [0.5, 0.6) is 0 Å². The topological polar surface area (TPSA) is 28.7 Å². The molecular weight excluding hydrogens is 200 g/mol. The lowest BCUT2D eigenvalue weighted by Gasteiger charge is -1.90. The summed E-state index contributed by atoms with van der Waals surface area (Å²) in [6.07, 6.45) is -2.83. The molecule has 2 aromatic rings. The van der Waals surface area contributed by atoms with Crippen molar-refractivity contribution in [2.24, 2.45) is 0 Å². The fourth-order valence-corrected chi connectivity index (χ4v) is 1.16. The third-order valence-electron chi connectivity index (χ3n) is 1.73. The van der Waals surface area contributed by atoms with Crippen molar-refractivity contribution in [1.29, 1.82) is 0 Å². The number of rotatable bonds is 1. The zero-order valence-electron chi connectivity index (χ0n) is 6.69. The average molecular weight is 204 g/mol. The zero-order valence-corrected chi connectivity index (χ0v) is 6.69. The van der Waals surface area contributed by atoms with Crippen LogP contribution in [0, 0.1) is 11.6 Å². The molecule has 1 N–H and O–H groups in total. The van der Waals surface area contributed by atoms with Gasteiger partial charge in [0.2, 0.25) is 0 Å². The minimum atomic E-state index is -2.83. The molecule has 2 rings (SSSR count). The van der Waals surface area contributed by atoms with Crippen LogP contribution in [0.1, 0.15) is 12.2 Å². The van der Waals surface area contributed by atoms with Gasteiger partial charge in [0.1, 0.15) is 11.3 Å². The Kier molecular flexibility index (Phi) is 1.90. The summed E-state index contributed by atoms with van der Waals surface area (Å²) < 4.78 is 49.8. The molecule has 1 aromatic heterocycles. The molecule has 0 saturated carbocycles. The molecule has 0 radical (unpaired) electrons. The standard InChI is InChI=1S/C8H4F4N2/c9-3-1-4(10)6-5(2-3)13-8(14-6)7(11)12/h1-2,7H,(H,13,14). The first-order valence-corrected chi connectivity index (χ1v) is 3.70. The van der Waals surface area contributed by atoms with Crippen molar-refractivity contribution in [3.8, 4) is 0 Å². The summed E-state index contributed by atoms with van der Waals surface area (Å²) in [6.45, 7) is 0. The number of nitrogens with one attached hydrogen (secondary N) is 1. The number of aromatic amines is 1. The fourth-order valence-electron chi connectivity index (χ4n) is 1.16. The smallest absolute Gasteiger partial charge is 0.295 e. The van der Waals surface area contributed by atoms with Crippen molar-refractivity contribution >= 4 is 11.0 Å². The Morgan fingerprint density at radius 2 is 1.93 bits per heavy atom. The zero-order chi connectivity index (χ0) is 10.3. The Bertz CT molecular complexity index is 477. The number of hydrogen-bond acceptors (Lipinski definition) is 1. The summed E-state index contributed by atoms with van der Waals surface area (Å²) in [4.78, 5) is 5.44. The Morgan fingerprint density at radius 1 is 1.21 bits per heavy atom. The van der Waals surface area contributed by atoms with Gasteiger partial charge in [0.05, 0.1) is 5.52 Å². The van der Waals surface area contributed by atoms with Gasteiger partial charge in [-0.1, -0.05) is 0 Å². The summed E-state index contributed by atoms with van der Waals surface area (Å²) in [7, 11) is 0. The highest BCUT2D eigenvalue weighted by Gasteiger charge is 2.15. The van der Waals surface area contributed by atoms with E-state index in [2.05, 4.69) is 9.97 Å². The first-order valence-electron chi connectivity index (χ1n) is 3.70. The second-order valence-corrected chi connectivity index (χ2v) is 2.71. The van der Waals surface area contributed by atoms with Crippen molar-refractivity contribution in [3.63, 3.8) is 0 Å². The van der Waals surface area contributed by atoms with E-state index in [1.165, 1.54) is 0 Å². The molecule has 1 heterocycles. The number of halogens is 4. The molecule has 0 fully saturated rings. The molecule has 0 bridgehead atoms. The molecule has 74 valence electrons. The predicted octanol–water partition coefficient (Wildman–Crippen LogP) is 2.78. The molecule has 0 atom stereocenters. The van der Waals surface area contributed by atoms with E-state index >= 15 is 0 Å². The summed E-state index contributed by atoms with van der Waals surface area (Å²) in [5.74, 6) is -2.45. The first kappa shape index (κ1) is 8.98. The number of imidazole rings is 1. The fraction of sp³-hybridized carbons (Fsp3) is 0.125. The number of H-pyrrole nitrogens is 1. The summed E-state index contributed by atoms with van der Waals surface area (Å²) >= 11 is 0. The van der Waals surface area contributed by atoms with Crippen molar-refractivity contribution in [3.05, 3.63) is 29.6 Å². The first-order chi connectivity index (χ1) is 6.58. The molecule has 0 spiro atoms. The van der Waals surface area contributed by atoms with Crippen molar-refractivity contribution in [2.75, 3.05) is 0 Å². The second kappa shape index (κ2) is 2.97. The summed E-state index contributed by atoms with van der Waals surface area (Å²) in [5, 5.41) is 0. The van der Waals surface area contributed by atoms with E-state index in [9.17, 15) is 17.6 Å². The average Bonchev–Trinajstić information content (AvgIpc) is 2.47. The van der Waals surface area contributed by atoms with Gasteiger partial charge >= 0.3 is 0 Å². The Morgan fingerprint density at radius 3 is 2.57 bits per heavy atom. The number of nitrogens with zero attached hydrogens (tertiary/aromatic N) is 1. The maximum Gasteiger partial charge on any atom is 0.295 e. The third-order valence-corrected chi connectivity index (χ3v) is 1.73. The maximum absolute atomic E-state index is 13.0. The lowest BCUT2D eigenvalue weighted by molar-refractivity contribution is 0.142. The lowest BCUT2D eigenvalue weighted by Crippen LogP contribution is -1.85. The van der Waals surface area contributed by atoms with Crippen LogP contribution in [0.3, 0.4) is 0 Å². The second-order valence-electron chi connectivity index (χ2n) is 2.71. The summed E-state index contributed by atoms with van der Waals surface area (Å²) in [5.41, 5.74) is -0.348. The molecule has 0 aliphatic heterocycles. The quantitative estimate of drug-likeness (QED) is 0.711. The lowest BCUT2D eigenvalue weighted by atomic mass is 10.3. The van der Waals surface area contributed by atoms with Gasteiger partial charge in [-0.05, 0) is 6.07 Å². The van der Waals surface area contributed by atoms with E-state index in [4.69, 9.17) is 0 Å². The van der Waals surface area contributed by atoms with Crippen LogP contribution in [-0.4, -0.2) is 9.97 Å². The van der Waals surface area contributed by atoms with E-state index in [1.807, 2.05) is 0 Å². The van der Waals surface area contributed by atoms with Gasteiger partial charge in [-0.15, -0.1) is 0 Å². The van der Waals surface area contributed by atoms with Crippen molar-refractivity contribution in [2.45, 2.75) is 6.43 Å². The SMILES string of the molecule is Fc1cc(F)c2nc(C(F)F)[nH]c2c1. The number of fused-ring (bicyclic) bond motifs is 1. The van der Waals surface area contributed by atoms with E-state index in [-0.39, 0.29) is 11.0 Å². The Hall–Kier alpha value is -1.59. The van der Waals surface area contributed by atoms with Crippen LogP contribution >= 0.6 is 0 Å². The van der Waals surface area contributed by atoms with Gasteiger partial charge < -0.3 is 4.98 Å². The van der Waals surface area contributed by atoms with E-state index in [0.29, 0.717) is 6.07 Å². The van der Waals surface area contributed by atoms with Gasteiger partial charge in [0.15, 0.2) is 11.6 Å². The maximum atomic E-state index is 13.0. The highest BCUT2D eigenvalue weighted by molar-refractivity contribution is 5.75. The molecule has 1 aromatic carbocycles. The molecule has 0 aliphatic rings. The molecule has 0 saturated heterocycles. The van der Waals surface area contributed by atoms with Crippen molar-refractivity contribution in [1.82, 2.24) is 9.97 Å². The van der Waals surface area contributed by atoms with E-state index < -0.39 is 23.9 Å². The molecule has 0 aliphatic carbocycles. The molecule has 6 heteroatoms. The normalized spacial score (nSPS) is 11.5.